The maximum Gasteiger partial charge on any atom is 0.220 e. The van der Waals surface area contributed by atoms with E-state index in [9.17, 15) is 9.59 Å². The molecule has 1 unspecified atom stereocenters. The van der Waals surface area contributed by atoms with Crippen LogP contribution in [0.5, 0.6) is 5.75 Å². The molecule has 0 radical (unpaired) electrons. The molecule has 2 aromatic carbocycles. The largest absolute Gasteiger partial charge is 0.494 e. The minimum absolute atomic E-state index is 0.0103. The Morgan fingerprint density at radius 3 is 2.58 bits per heavy atom. The van der Waals surface area contributed by atoms with E-state index in [0.717, 1.165) is 44.6 Å². The van der Waals surface area contributed by atoms with Crippen LogP contribution in [0.15, 0.2) is 54.6 Å². The number of amides is 1. The Hall–Kier alpha value is -2.66. The average molecular weight is 423 g/mol. The molecule has 1 atom stereocenters. The molecule has 0 aromatic heterocycles. The zero-order valence-corrected chi connectivity index (χ0v) is 18.5. The van der Waals surface area contributed by atoms with Gasteiger partial charge in [0.05, 0.1) is 6.61 Å². The van der Waals surface area contributed by atoms with Crippen LogP contribution in [-0.2, 0) is 11.3 Å². The third-order valence-electron chi connectivity index (χ3n) is 5.67. The zero-order chi connectivity index (χ0) is 21.9. The molecule has 1 aliphatic rings. The van der Waals surface area contributed by atoms with Gasteiger partial charge in [0, 0.05) is 38.0 Å². The molecule has 0 saturated carbocycles. The molecule has 1 N–H and O–H groups in total. The number of carbonyl (C=O) groups is 2. The molecule has 0 bridgehead atoms. The third kappa shape index (κ3) is 7.83. The molecule has 1 amide bonds. The maximum atomic E-state index is 12.4. The zero-order valence-electron chi connectivity index (χ0n) is 18.5. The van der Waals surface area contributed by atoms with Crippen LogP contribution in [-0.4, -0.2) is 42.8 Å². The van der Waals surface area contributed by atoms with Crippen molar-refractivity contribution in [3.05, 3.63) is 65.7 Å². The summed E-state index contributed by atoms with van der Waals surface area (Å²) in [5.41, 5.74) is 1.95. The van der Waals surface area contributed by atoms with E-state index in [0.29, 0.717) is 24.6 Å². The maximum absolute atomic E-state index is 12.4. The highest BCUT2D eigenvalue weighted by Gasteiger charge is 2.20. The quantitative estimate of drug-likeness (QED) is 0.543. The lowest BCUT2D eigenvalue weighted by Crippen LogP contribution is -2.40. The van der Waals surface area contributed by atoms with Crippen molar-refractivity contribution in [3.63, 3.8) is 0 Å². The number of ether oxygens (including phenoxy) is 1. The molecule has 1 heterocycles. The fraction of sp³-hybridized carbons (Fsp3) is 0.462. The molecule has 1 saturated heterocycles. The van der Waals surface area contributed by atoms with Gasteiger partial charge in [-0.1, -0.05) is 37.3 Å². The van der Waals surface area contributed by atoms with Crippen LogP contribution < -0.4 is 10.1 Å². The average Bonchev–Trinajstić information content (AvgIpc) is 2.81. The van der Waals surface area contributed by atoms with E-state index in [2.05, 4.69) is 41.4 Å². The summed E-state index contributed by atoms with van der Waals surface area (Å²) in [5.74, 6) is 1.18. The number of Topliss-reactive ketones (excluding diaryl/α,β-unsaturated/α-hetero) is 1. The first kappa shape index (κ1) is 23.0. The molecule has 1 fully saturated rings. The van der Waals surface area contributed by atoms with E-state index in [1.165, 1.54) is 5.56 Å². The summed E-state index contributed by atoms with van der Waals surface area (Å²) < 4.78 is 5.54. The molecule has 5 heteroatoms. The number of hydrogen-bond acceptors (Lipinski definition) is 4. The van der Waals surface area contributed by atoms with Crippen LogP contribution in [0.2, 0.25) is 0 Å². The summed E-state index contributed by atoms with van der Waals surface area (Å²) >= 11 is 0. The molecule has 31 heavy (non-hydrogen) atoms. The van der Waals surface area contributed by atoms with Crippen molar-refractivity contribution < 1.29 is 14.3 Å². The fourth-order valence-electron chi connectivity index (χ4n) is 3.98. The van der Waals surface area contributed by atoms with Gasteiger partial charge in [0.15, 0.2) is 5.78 Å². The molecular formula is C26H34N2O3. The summed E-state index contributed by atoms with van der Waals surface area (Å²) in [7, 11) is 0. The Morgan fingerprint density at radius 1 is 1.06 bits per heavy atom. The molecule has 0 aliphatic carbocycles. The lowest BCUT2D eigenvalue weighted by molar-refractivity contribution is -0.121. The van der Waals surface area contributed by atoms with Gasteiger partial charge >= 0.3 is 0 Å². The molecule has 3 rings (SSSR count). The van der Waals surface area contributed by atoms with Crippen molar-refractivity contribution in [2.24, 2.45) is 5.92 Å². The highest BCUT2D eigenvalue weighted by Crippen LogP contribution is 2.18. The summed E-state index contributed by atoms with van der Waals surface area (Å²) in [4.78, 5) is 27.1. The first-order valence-electron chi connectivity index (χ1n) is 11.4. The summed E-state index contributed by atoms with van der Waals surface area (Å²) in [6.07, 6.45) is 3.70. The van der Waals surface area contributed by atoms with Crippen molar-refractivity contribution in [2.45, 2.75) is 45.6 Å². The smallest absolute Gasteiger partial charge is 0.220 e. The number of carbonyl (C=O) groups excluding carboxylic acids is 2. The summed E-state index contributed by atoms with van der Waals surface area (Å²) in [6, 6.07) is 17.7. The van der Waals surface area contributed by atoms with Crippen LogP contribution in [0.25, 0.3) is 0 Å². The second-order valence-corrected chi connectivity index (χ2v) is 8.33. The van der Waals surface area contributed by atoms with Gasteiger partial charge in [-0.15, -0.1) is 0 Å². The van der Waals surface area contributed by atoms with E-state index >= 15 is 0 Å². The summed E-state index contributed by atoms with van der Waals surface area (Å²) in [6.45, 7) is 6.47. The molecule has 2 aromatic rings. The first-order valence-corrected chi connectivity index (χ1v) is 11.4. The Bertz CT molecular complexity index is 820. The van der Waals surface area contributed by atoms with E-state index < -0.39 is 0 Å². The monoisotopic (exact) mass is 422 g/mol. The van der Waals surface area contributed by atoms with Crippen LogP contribution >= 0.6 is 0 Å². The van der Waals surface area contributed by atoms with Crippen molar-refractivity contribution >= 4 is 11.7 Å². The van der Waals surface area contributed by atoms with Gasteiger partial charge in [0.2, 0.25) is 5.91 Å². The number of piperidine rings is 1. The molecule has 166 valence electrons. The highest BCUT2D eigenvalue weighted by atomic mass is 16.5. The Labute approximate surface area is 185 Å². The van der Waals surface area contributed by atoms with Crippen LogP contribution in [0.4, 0.5) is 0 Å². The Kier molecular flexibility index (Phi) is 9.10. The molecule has 1 aliphatic heterocycles. The summed E-state index contributed by atoms with van der Waals surface area (Å²) in [5, 5.41) is 3.04. The minimum Gasteiger partial charge on any atom is -0.494 e. The van der Waals surface area contributed by atoms with Crippen molar-refractivity contribution in [1.29, 1.82) is 0 Å². The Balaban J connectivity index is 1.36. The van der Waals surface area contributed by atoms with E-state index in [1.54, 1.807) is 12.1 Å². The van der Waals surface area contributed by atoms with Gasteiger partial charge in [-0.25, -0.2) is 0 Å². The highest BCUT2D eigenvalue weighted by molar-refractivity contribution is 5.98. The lowest BCUT2D eigenvalue weighted by Gasteiger charge is -2.32. The van der Waals surface area contributed by atoms with E-state index in [-0.39, 0.29) is 24.5 Å². The number of likely N-dealkylation sites (tertiary alicyclic amines) is 1. The van der Waals surface area contributed by atoms with Crippen molar-refractivity contribution in [1.82, 2.24) is 10.2 Å². The van der Waals surface area contributed by atoms with Crippen LogP contribution in [0, 0.1) is 5.92 Å². The second kappa shape index (κ2) is 12.3. The second-order valence-electron chi connectivity index (χ2n) is 8.33. The Morgan fingerprint density at radius 2 is 1.84 bits per heavy atom. The van der Waals surface area contributed by atoms with Gasteiger partial charge in [0.1, 0.15) is 5.75 Å². The molecular weight excluding hydrogens is 388 g/mol. The van der Waals surface area contributed by atoms with Gasteiger partial charge in [0.25, 0.3) is 0 Å². The first-order chi connectivity index (χ1) is 15.1. The number of ketones is 1. The van der Waals surface area contributed by atoms with Gasteiger partial charge in [-0.3, -0.25) is 14.5 Å². The van der Waals surface area contributed by atoms with Crippen LogP contribution in [0.1, 0.15) is 54.9 Å². The molecule has 0 spiro atoms. The number of nitrogens with zero attached hydrogens (tertiary/aromatic N) is 1. The predicted molar refractivity (Wildman–Crippen MR) is 123 cm³/mol. The fourth-order valence-corrected chi connectivity index (χ4v) is 3.98. The van der Waals surface area contributed by atoms with Crippen molar-refractivity contribution in [3.8, 4) is 5.75 Å². The van der Waals surface area contributed by atoms with Gasteiger partial charge < -0.3 is 10.1 Å². The minimum atomic E-state index is -0.0450. The standard InChI is InChI=1S/C26H34N2O3/c1-2-17-31-24-12-10-23(11-13-24)25(29)14-15-26(30)27-18-22-9-6-16-28(20-22)19-21-7-4-3-5-8-21/h3-5,7-8,10-13,22H,2,6,9,14-20H2,1H3,(H,27,30). The van der Waals surface area contributed by atoms with Gasteiger partial charge in [-0.2, -0.15) is 0 Å². The predicted octanol–water partition coefficient (Wildman–Crippen LogP) is 4.47. The lowest BCUT2D eigenvalue weighted by atomic mass is 9.97. The number of rotatable bonds is 11. The normalized spacial score (nSPS) is 16.6. The number of benzene rings is 2. The van der Waals surface area contributed by atoms with E-state index in [4.69, 9.17) is 4.74 Å². The van der Waals surface area contributed by atoms with Crippen molar-refractivity contribution in [2.75, 3.05) is 26.2 Å². The molecule has 5 nitrogen and oxygen atoms in total. The third-order valence-corrected chi connectivity index (χ3v) is 5.67. The van der Waals surface area contributed by atoms with Gasteiger partial charge in [-0.05, 0) is 61.6 Å². The van der Waals surface area contributed by atoms with Crippen LogP contribution in [0.3, 0.4) is 0 Å². The number of nitrogens with one attached hydrogen (secondary N) is 1. The van der Waals surface area contributed by atoms with E-state index in [1.807, 2.05) is 18.2 Å². The topological polar surface area (TPSA) is 58.6 Å². The SMILES string of the molecule is CCCOc1ccc(C(=O)CCC(=O)NCC2CCCN(Cc3ccccc3)C2)cc1. The number of hydrogen-bond donors (Lipinski definition) is 1.